The first-order valence-electron chi connectivity index (χ1n) is 5.10. The van der Waals surface area contributed by atoms with Gasteiger partial charge in [-0.05, 0) is 24.3 Å². The van der Waals surface area contributed by atoms with Crippen molar-refractivity contribution < 1.29 is 14.6 Å². The van der Waals surface area contributed by atoms with Crippen LogP contribution >= 0.6 is 0 Å². The van der Waals surface area contributed by atoms with Crippen LogP contribution in [-0.4, -0.2) is 12.2 Å². The van der Waals surface area contributed by atoms with Gasteiger partial charge in [-0.1, -0.05) is 12.1 Å². The highest BCUT2D eigenvalue weighted by Gasteiger charge is 2.08. The molecular weight excluding hydrogens is 218 g/mol. The lowest BCUT2D eigenvalue weighted by Gasteiger charge is -2.11. The van der Waals surface area contributed by atoms with Crippen LogP contribution in [0, 0.1) is 0 Å². The summed E-state index contributed by atoms with van der Waals surface area (Å²) in [5.41, 5.74) is 6.23. The molecule has 0 radical (unpaired) electrons. The molecule has 0 aliphatic rings. The zero-order chi connectivity index (χ0) is 12.3. The molecule has 0 aromatic heterocycles. The van der Waals surface area contributed by atoms with E-state index >= 15 is 0 Å². The number of nitrogens with two attached hydrogens (primary N) is 1. The second kappa shape index (κ2) is 4.65. The van der Waals surface area contributed by atoms with Crippen LogP contribution in [0.15, 0.2) is 42.5 Å². The Bertz CT molecular complexity index is 526. The highest BCUT2D eigenvalue weighted by atomic mass is 16.5. The van der Waals surface area contributed by atoms with Crippen molar-refractivity contribution in [2.45, 2.75) is 0 Å². The van der Waals surface area contributed by atoms with Crippen molar-refractivity contribution >= 4 is 5.69 Å². The van der Waals surface area contributed by atoms with Crippen LogP contribution in [0.3, 0.4) is 0 Å². The van der Waals surface area contributed by atoms with E-state index in [0.717, 1.165) is 0 Å². The molecule has 4 heteroatoms. The number of hydrogen-bond acceptors (Lipinski definition) is 4. The number of para-hydroxylation sites is 2. The Morgan fingerprint density at radius 3 is 2.47 bits per heavy atom. The topological polar surface area (TPSA) is 64.7 Å². The number of anilines is 1. The fraction of sp³-hybridized carbons (Fsp3) is 0.0769. The van der Waals surface area contributed by atoms with Crippen LogP contribution in [0.1, 0.15) is 0 Å². The number of phenolic OH excluding ortho intramolecular Hbond substituents is 1. The van der Waals surface area contributed by atoms with Gasteiger partial charge in [0.25, 0.3) is 0 Å². The minimum Gasteiger partial charge on any atom is -0.504 e. The molecule has 4 nitrogen and oxygen atoms in total. The smallest absolute Gasteiger partial charge is 0.169 e. The second-order valence-electron chi connectivity index (χ2n) is 3.48. The molecule has 0 saturated heterocycles. The Labute approximate surface area is 99.2 Å². The van der Waals surface area contributed by atoms with Gasteiger partial charge < -0.3 is 20.3 Å². The number of hydrogen-bond donors (Lipinski definition) is 2. The van der Waals surface area contributed by atoms with Crippen molar-refractivity contribution in [1.29, 1.82) is 0 Å². The zero-order valence-corrected chi connectivity index (χ0v) is 9.38. The van der Waals surface area contributed by atoms with Gasteiger partial charge in [0.05, 0.1) is 7.11 Å². The highest BCUT2D eigenvalue weighted by Crippen LogP contribution is 2.36. The van der Waals surface area contributed by atoms with Crippen molar-refractivity contribution in [3.63, 3.8) is 0 Å². The average molecular weight is 231 g/mol. The standard InChI is InChI=1S/C13H13NO3/c1-16-13-8-9(14)6-7-12(13)17-11-5-3-2-4-10(11)15/h2-8,15H,14H2,1H3. The molecule has 0 heterocycles. The normalized spacial score (nSPS) is 9.94. The molecular formula is C13H13NO3. The molecule has 2 aromatic carbocycles. The van der Waals surface area contributed by atoms with E-state index in [1.807, 2.05) is 0 Å². The average Bonchev–Trinajstić information content (AvgIpc) is 2.34. The number of phenols is 1. The molecule has 0 atom stereocenters. The molecule has 0 spiro atoms. The predicted octanol–water partition coefficient (Wildman–Crippen LogP) is 2.78. The van der Waals surface area contributed by atoms with Gasteiger partial charge >= 0.3 is 0 Å². The third-order valence-electron chi connectivity index (χ3n) is 2.27. The van der Waals surface area contributed by atoms with E-state index in [-0.39, 0.29) is 5.75 Å². The fourth-order valence-corrected chi connectivity index (χ4v) is 1.43. The van der Waals surface area contributed by atoms with E-state index in [4.69, 9.17) is 15.2 Å². The number of rotatable bonds is 3. The van der Waals surface area contributed by atoms with Gasteiger partial charge in [-0.15, -0.1) is 0 Å². The Morgan fingerprint density at radius 2 is 1.76 bits per heavy atom. The minimum atomic E-state index is 0.0754. The first-order valence-corrected chi connectivity index (χ1v) is 5.10. The largest absolute Gasteiger partial charge is 0.504 e. The Hall–Kier alpha value is -2.36. The lowest BCUT2D eigenvalue weighted by Crippen LogP contribution is -1.92. The quantitative estimate of drug-likeness (QED) is 0.797. The van der Waals surface area contributed by atoms with E-state index in [9.17, 15) is 5.11 Å². The SMILES string of the molecule is COc1cc(N)ccc1Oc1ccccc1O. The maximum Gasteiger partial charge on any atom is 0.169 e. The van der Waals surface area contributed by atoms with Gasteiger partial charge in [0.15, 0.2) is 23.0 Å². The summed E-state index contributed by atoms with van der Waals surface area (Å²) in [5.74, 6) is 1.47. The number of benzene rings is 2. The highest BCUT2D eigenvalue weighted by molar-refractivity contribution is 5.54. The van der Waals surface area contributed by atoms with Crippen molar-refractivity contribution in [3.8, 4) is 23.0 Å². The summed E-state index contributed by atoms with van der Waals surface area (Å²) < 4.78 is 10.7. The number of nitrogen functional groups attached to an aromatic ring is 1. The van der Waals surface area contributed by atoms with Gasteiger partial charge in [-0.2, -0.15) is 0 Å². The maximum atomic E-state index is 9.60. The molecule has 0 saturated carbocycles. The second-order valence-corrected chi connectivity index (χ2v) is 3.48. The Balaban J connectivity index is 2.33. The molecule has 0 aliphatic carbocycles. The van der Waals surface area contributed by atoms with Crippen LogP contribution in [-0.2, 0) is 0 Å². The van der Waals surface area contributed by atoms with Gasteiger partial charge in [-0.3, -0.25) is 0 Å². The van der Waals surface area contributed by atoms with Gasteiger partial charge in [0, 0.05) is 11.8 Å². The first kappa shape index (κ1) is 11.1. The number of ether oxygens (including phenoxy) is 2. The van der Waals surface area contributed by atoms with E-state index in [0.29, 0.717) is 22.9 Å². The molecule has 2 rings (SSSR count). The van der Waals surface area contributed by atoms with E-state index in [2.05, 4.69) is 0 Å². The molecule has 2 aromatic rings. The van der Waals surface area contributed by atoms with Gasteiger partial charge in [-0.25, -0.2) is 0 Å². The Morgan fingerprint density at radius 1 is 1.00 bits per heavy atom. The molecule has 0 bridgehead atoms. The molecule has 0 unspecified atom stereocenters. The molecule has 0 fully saturated rings. The van der Waals surface area contributed by atoms with Gasteiger partial charge in [0.1, 0.15) is 0 Å². The summed E-state index contributed by atoms with van der Waals surface area (Å²) in [6.07, 6.45) is 0. The lowest BCUT2D eigenvalue weighted by molar-refractivity contribution is 0.367. The summed E-state index contributed by atoms with van der Waals surface area (Å²) in [4.78, 5) is 0. The fourth-order valence-electron chi connectivity index (χ4n) is 1.43. The Kier molecular flexibility index (Phi) is 3.05. The zero-order valence-electron chi connectivity index (χ0n) is 9.38. The first-order chi connectivity index (χ1) is 8.20. The minimum absolute atomic E-state index is 0.0754. The molecule has 3 N–H and O–H groups in total. The predicted molar refractivity (Wildman–Crippen MR) is 65.6 cm³/mol. The number of methoxy groups -OCH3 is 1. The molecule has 0 amide bonds. The van der Waals surface area contributed by atoms with E-state index < -0.39 is 0 Å². The van der Waals surface area contributed by atoms with Crippen molar-refractivity contribution in [2.75, 3.05) is 12.8 Å². The lowest BCUT2D eigenvalue weighted by atomic mass is 10.2. The molecule has 88 valence electrons. The van der Waals surface area contributed by atoms with Crippen molar-refractivity contribution in [3.05, 3.63) is 42.5 Å². The third kappa shape index (κ3) is 2.42. The van der Waals surface area contributed by atoms with E-state index in [1.165, 1.54) is 7.11 Å². The summed E-state index contributed by atoms with van der Waals surface area (Å²) in [7, 11) is 1.53. The maximum absolute atomic E-state index is 9.60. The van der Waals surface area contributed by atoms with Crippen molar-refractivity contribution in [1.82, 2.24) is 0 Å². The third-order valence-corrected chi connectivity index (χ3v) is 2.27. The summed E-state index contributed by atoms with van der Waals surface area (Å²) in [5, 5.41) is 9.60. The monoisotopic (exact) mass is 231 g/mol. The van der Waals surface area contributed by atoms with Crippen LogP contribution in [0.2, 0.25) is 0 Å². The summed E-state index contributed by atoms with van der Waals surface area (Å²) in [6.45, 7) is 0. The van der Waals surface area contributed by atoms with Gasteiger partial charge in [0.2, 0.25) is 0 Å². The van der Waals surface area contributed by atoms with Crippen LogP contribution < -0.4 is 15.2 Å². The van der Waals surface area contributed by atoms with E-state index in [1.54, 1.807) is 42.5 Å². The molecule has 0 aliphatic heterocycles. The summed E-state index contributed by atoms with van der Waals surface area (Å²) >= 11 is 0. The van der Waals surface area contributed by atoms with Crippen LogP contribution in [0.25, 0.3) is 0 Å². The van der Waals surface area contributed by atoms with Crippen molar-refractivity contribution in [2.24, 2.45) is 0 Å². The van der Waals surface area contributed by atoms with Crippen LogP contribution in [0.5, 0.6) is 23.0 Å². The number of aromatic hydroxyl groups is 1. The molecule has 17 heavy (non-hydrogen) atoms. The summed E-state index contributed by atoms with van der Waals surface area (Å²) in [6, 6.07) is 11.8. The van der Waals surface area contributed by atoms with Crippen LogP contribution in [0.4, 0.5) is 5.69 Å².